The molecule has 1 rings (SSSR count). The highest BCUT2D eigenvalue weighted by Gasteiger charge is 1.94. The molecule has 0 unspecified atom stereocenters. The summed E-state index contributed by atoms with van der Waals surface area (Å²) in [6.07, 6.45) is 2.87. The first-order valence-electron chi connectivity index (χ1n) is 4.98. The van der Waals surface area contributed by atoms with E-state index in [9.17, 15) is 4.39 Å². The summed E-state index contributed by atoms with van der Waals surface area (Å²) in [5, 5.41) is 0. The SMILES string of the molecule is NC(N)=NCCCCc1ccc(F)cc1. The van der Waals surface area contributed by atoms with Crippen molar-refractivity contribution in [2.45, 2.75) is 19.3 Å². The molecule has 0 aliphatic heterocycles. The van der Waals surface area contributed by atoms with Crippen LogP contribution in [0.5, 0.6) is 0 Å². The molecule has 3 nitrogen and oxygen atoms in total. The predicted octanol–water partition coefficient (Wildman–Crippen LogP) is 1.42. The monoisotopic (exact) mass is 209 g/mol. The fraction of sp³-hybridized carbons (Fsp3) is 0.364. The third-order valence-electron chi connectivity index (χ3n) is 2.08. The van der Waals surface area contributed by atoms with E-state index in [1.54, 1.807) is 12.1 Å². The number of benzene rings is 1. The molecule has 1 aromatic carbocycles. The zero-order valence-corrected chi connectivity index (χ0v) is 8.62. The molecule has 0 fully saturated rings. The summed E-state index contributed by atoms with van der Waals surface area (Å²) in [4.78, 5) is 3.88. The maximum Gasteiger partial charge on any atom is 0.185 e. The van der Waals surface area contributed by atoms with Gasteiger partial charge < -0.3 is 11.5 Å². The molecular formula is C11H16FN3. The molecule has 0 aliphatic rings. The van der Waals surface area contributed by atoms with Crippen LogP contribution in [0.25, 0.3) is 0 Å². The molecule has 0 heterocycles. The lowest BCUT2D eigenvalue weighted by Gasteiger charge is -2.00. The topological polar surface area (TPSA) is 64.4 Å². The molecule has 4 N–H and O–H groups in total. The van der Waals surface area contributed by atoms with Gasteiger partial charge in [0.15, 0.2) is 5.96 Å². The van der Waals surface area contributed by atoms with E-state index in [2.05, 4.69) is 4.99 Å². The van der Waals surface area contributed by atoms with E-state index >= 15 is 0 Å². The van der Waals surface area contributed by atoms with E-state index in [1.807, 2.05) is 0 Å². The minimum absolute atomic E-state index is 0.136. The van der Waals surface area contributed by atoms with Crippen molar-refractivity contribution >= 4 is 5.96 Å². The number of nitrogens with two attached hydrogens (primary N) is 2. The van der Waals surface area contributed by atoms with Crippen molar-refractivity contribution in [3.8, 4) is 0 Å². The van der Waals surface area contributed by atoms with Crippen molar-refractivity contribution in [3.63, 3.8) is 0 Å². The Balaban J connectivity index is 2.20. The van der Waals surface area contributed by atoms with Crippen molar-refractivity contribution in [2.24, 2.45) is 16.5 Å². The van der Waals surface area contributed by atoms with Crippen LogP contribution >= 0.6 is 0 Å². The van der Waals surface area contributed by atoms with Gasteiger partial charge in [0.05, 0.1) is 0 Å². The first kappa shape index (κ1) is 11.5. The Kier molecular flexibility index (Phi) is 4.60. The van der Waals surface area contributed by atoms with Crippen LogP contribution in [0.4, 0.5) is 4.39 Å². The molecule has 0 amide bonds. The van der Waals surface area contributed by atoms with Crippen LogP contribution in [-0.4, -0.2) is 12.5 Å². The van der Waals surface area contributed by atoms with E-state index in [4.69, 9.17) is 11.5 Å². The number of aryl methyl sites for hydroxylation is 1. The second-order valence-electron chi connectivity index (χ2n) is 3.39. The van der Waals surface area contributed by atoms with Gasteiger partial charge in [-0.25, -0.2) is 4.39 Å². The third kappa shape index (κ3) is 5.00. The number of aliphatic imine (C=N–C) groups is 1. The number of nitrogens with zero attached hydrogens (tertiary/aromatic N) is 1. The van der Waals surface area contributed by atoms with Gasteiger partial charge in [-0.1, -0.05) is 12.1 Å². The highest BCUT2D eigenvalue weighted by molar-refractivity contribution is 5.75. The highest BCUT2D eigenvalue weighted by Crippen LogP contribution is 2.06. The van der Waals surface area contributed by atoms with Gasteiger partial charge >= 0.3 is 0 Å². The van der Waals surface area contributed by atoms with Crippen LogP contribution in [0.15, 0.2) is 29.3 Å². The van der Waals surface area contributed by atoms with Crippen LogP contribution in [0.1, 0.15) is 18.4 Å². The number of rotatable bonds is 5. The Bertz CT molecular complexity index is 315. The predicted molar refractivity (Wildman–Crippen MR) is 60.0 cm³/mol. The lowest BCUT2D eigenvalue weighted by Crippen LogP contribution is -2.22. The maximum absolute atomic E-state index is 12.6. The molecule has 0 spiro atoms. The number of unbranched alkanes of at least 4 members (excludes halogenated alkanes) is 1. The number of halogens is 1. The second-order valence-corrected chi connectivity index (χ2v) is 3.39. The first-order valence-corrected chi connectivity index (χ1v) is 4.98. The van der Waals surface area contributed by atoms with Gasteiger partial charge in [0, 0.05) is 6.54 Å². The Hall–Kier alpha value is -1.58. The zero-order chi connectivity index (χ0) is 11.1. The summed E-state index contributed by atoms with van der Waals surface area (Å²) in [5.74, 6) is -0.0592. The van der Waals surface area contributed by atoms with Crippen LogP contribution < -0.4 is 11.5 Å². The molecule has 0 saturated carbocycles. The van der Waals surface area contributed by atoms with Crippen molar-refractivity contribution in [1.29, 1.82) is 0 Å². The minimum Gasteiger partial charge on any atom is -0.370 e. The Morgan fingerprint density at radius 2 is 1.80 bits per heavy atom. The molecule has 4 heteroatoms. The third-order valence-corrected chi connectivity index (χ3v) is 2.08. The lowest BCUT2D eigenvalue weighted by atomic mass is 10.1. The summed E-state index contributed by atoms with van der Waals surface area (Å²) in [7, 11) is 0. The molecule has 0 aliphatic carbocycles. The number of hydrogen-bond donors (Lipinski definition) is 2. The van der Waals surface area contributed by atoms with Crippen LogP contribution in [0, 0.1) is 5.82 Å². The van der Waals surface area contributed by atoms with E-state index in [-0.39, 0.29) is 11.8 Å². The summed E-state index contributed by atoms with van der Waals surface area (Å²) in [6, 6.07) is 6.56. The van der Waals surface area contributed by atoms with Crippen molar-refractivity contribution in [3.05, 3.63) is 35.6 Å². The standard InChI is InChI=1S/C11H16FN3/c12-10-6-4-9(5-7-10)3-1-2-8-15-11(13)14/h4-7H,1-3,8H2,(H4,13,14,15). The van der Waals surface area contributed by atoms with E-state index in [0.717, 1.165) is 24.8 Å². The van der Waals surface area contributed by atoms with Gasteiger partial charge in [0.1, 0.15) is 5.82 Å². The Morgan fingerprint density at radius 3 is 2.40 bits per heavy atom. The Morgan fingerprint density at radius 1 is 1.13 bits per heavy atom. The van der Waals surface area contributed by atoms with E-state index in [0.29, 0.717) is 6.54 Å². The van der Waals surface area contributed by atoms with Crippen molar-refractivity contribution in [1.82, 2.24) is 0 Å². The fourth-order valence-corrected chi connectivity index (χ4v) is 1.30. The molecule has 1 aromatic rings. The number of hydrogen-bond acceptors (Lipinski definition) is 1. The fourth-order valence-electron chi connectivity index (χ4n) is 1.30. The van der Waals surface area contributed by atoms with E-state index in [1.165, 1.54) is 12.1 Å². The van der Waals surface area contributed by atoms with Gasteiger partial charge in [0.25, 0.3) is 0 Å². The maximum atomic E-state index is 12.6. The molecule has 0 saturated heterocycles. The molecule has 15 heavy (non-hydrogen) atoms. The summed E-state index contributed by atoms with van der Waals surface area (Å²) in [5.41, 5.74) is 11.5. The van der Waals surface area contributed by atoms with Crippen LogP contribution in [0.3, 0.4) is 0 Å². The summed E-state index contributed by atoms with van der Waals surface area (Å²) < 4.78 is 12.6. The average Bonchev–Trinajstić information content (AvgIpc) is 2.20. The second kappa shape index (κ2) is 6.01. The number of guanidine groups is 1. The first-order chi connectivity index (χ1) is 7.18. The van der Waals surface area contributed by atoms with Gasteiger partial charge in [-0.05, 0) is 37.0 Å². The summed E-state index contributed by atoms with van der Waals surface area (Å²) >= 11 is 0. The molecule has 0 aromatic heterocycles. The van der Waals surface area contributed by atoms with Gasteiger partial charge in [-0.15, -0.1) is 0 Å². The largest absolute Gasteiger partial charge is 0.370 e. The average molecular weight is 209 g/mol. The zero-order valence-electron chi connectivity index (χ0n) is 8.62. The van der Waals surface area contributed by atoms with Crippen LogP contribution in [0.2, 0.25) is 0 Å². The lowest BCUT2D eigenvalue weighted by molar-refractivity contribution is 0.626. The Labute approximate surface area is 89.0 Å². The minimum atomic E-state index is -0.195. The molecule has 0 bridgehead atoms. The van der Waals surface area contributed by atoms with Gasteiger partial charge in [-0.3, -0.25) is 4.99 Å². The highest BCUT2D eigenvalue weighted by atomic mass is 19.1. The van der Waals surface area contributed by atoms with E-state index < -0.39 is 0 Å². The molecule has 82 valence electrons. The van der Waals surface area contributed by atoms with Crippen molar-refractivity contribution < 1.29 is 4.39 Å². The van der Waals surface area contributed by atoms with Crippen molar-refractivity contribution in [2.75, 3.05) is 6.54 Å². The van der Waals surface area contributed by atoms with Gasteiger partial charge in [-0.2, -0.15) is 0 Å². The molecule has 0 atom stereocenters. The quantitative estimate of drug-likeness (QED) is 0.437. The smallest absolute Gasteiger partial charge is 0.185 e. The molecule has 0 radical (unpaired) electrons. The van der Waals surface area contributed by atoms with Gasteiger partial charge in [0.2, 0.25) is 0 Å². The summed E-state index contributed by atoms with van der Waals surface area (Å²) in [6.45, 7) is 0.656. The molecular weight excluding hydrogens is 193 g/mol. The normalized spacial score (nSPS) is 9.93. The van der Waals surface area contributed by atoms with Crippen LogP contribution in [-0.2, 0) is 6.42 Å².